The van der Waals surface area contributed by atoms with Crippen molar-refractivity contribution >= 4 is 18.2 Å². The molecule has 102 valence electrons. The molecule has 6 heteroatoms. The van der Waals surface area contributed by atoms with Crippen molar-refractivity contribution in [3.63, 3.8) is 0 Å². The Morgan fingerprint density at radius 1 is 1.32 bits per heavy atom. The maximum absolute atomic E-state index is 12.1. The van der Waals surface area contributed by atoms with Gasteiger partial charge in [0.2, 0.25) is 0 Å². The van der Waals surface area contributed by atoms with Gasteiger partial charge in [0.25, 0.3) is 0 Å². The van der Waals surface area contributed by atoms with Crippen molar-refractivity contribution in [2.75, 3.05) is 5.75 Å². The molecule has 0 fully saturated rings. The molecule has 2 rings (SSSR count). The third-order valence-electron chi connectivity index (χ3n) is 3.04. The molecule has 4 nitrogen and oxygen atoms in total. The molecule has 0 amide bonds. The van der Waals surface area contributed by atoms with E-state index >= 15 is 0 Å². The Bertz CT molecular complexity index is 643. The smallest absolute Gasteiger partial charge is 0.186 e. The van der Waals surface area contributed by atoms with Gasteiger partial charge in [0.15, 0.2) is 23.8 Å². The fourth-order valence-corrected chi connectivity index (χ4v) is 5.29. The Morgan fingerprint density at radius 2 is 1.95 bits per heavy atom. The first-order chi connectivity index (χ1) is 8.70. The minimum Gasteiger partial charge on any atom is -0.396 e. The molecule has 1 atom stereocenters. The van der Waals surface area contributed by atoms with Crippen molar-refractivity contribution in [3.05, 3.63) is 29.8 Å². The summed E-state index contributed by atoms with van der Waals surface area (Å²) in [5.74, 6) is -0.0396. The monoisotopic (exact) mass is 295 g/mol. The Labute approximate surface area is 115 Å². The number of hydrogen-bond donors (Lipinski definition) is 0. The summed E-state index contributed by atoms with van der Waals surface area (Å²) < 4.78 is 30.2. The van der Waals surface area contributed by atoms with Gasteiger partial charge in [-0.15, -0.1) is 0 Å². The van der Waals surface area contributed by atoms with E-state index < -0.39 is 23.8 Å². The highest BCUT2D eigenvalue weighted by atomic mass is 32.2. The molecule has 0 aliphatic carbocycles. The number of nitriles is 1. The van der Waals surface area contributed by atoms with Crippen LogP contribution < -0.4 is 0 Å². The van der Waals surface area contributed by atoms with Gasteiger partial charge in [-0.2, -0.15) is 5.26 Å². The van der Waals surface area contributed by atoms with E-state index in [0.717, 1.165) is 0 Å². The highest BCUT2D eigenvalue weighted by Crippen LogP contribution is 2.41. The predicted octanol–water partition coefficient (Wildman–Crippen LogP) is 2.43. The van der Waals surface area contributed by atoms with E-state index in [1.807, 2.05) is 19.6 Å². The van der Waals surface area contributed by atoms with Crippen molar-refractivity contribution in [3.8, 4) is 6.07 Å². The number of nitrogens with zero attached hydrogens (tertiary/aromatic N) is 1. The van der Waals surface area contributed by atoms with Gasteiger partial charge in [0, 0.05) is 12.0 Å². The Kier molecular flexibility index (Phi) is 3.33. The molecule has 0 bridgehead atoms. The van der Waals surface area contributed by atoms with Crippen LogP contribution in [0.3, 0.4) is 0 Å². The van der Waals surface area contributed by atoms with E-state index in [-0.39, 0.29) is 17.1 Å². The molecule has 0 aromatic heterocycles. The van der Waals surface area contributed by atoms with E-state index in [0.29, 0.717) is 5.56 Å². The molecule has 1 unspecified atom stereocenters. The summed E-state index contributed by atoms with van der Waals surface area (Å²) in [6.07, 6.45) is 0.202. The average Bonchev–Trinajstić information content (AvgIpc) is 2.32. The van der Waals surface area contributed by atoms with Crippen LogP contribution in [0.15, 0.2) is 29.2 Å². The van der Waals surface area contributed by atoms with E-state index in [9.17, 15) is 13.7 Å². The second-order valence-corrected chi connectivity index (χ2v) is 12.2. The first-order valence-corrected chi connectivity index (χ1v) is 11.2. The van der Waals surface area contributed by atoms with Crippen molar-refractivity contribution in [1.29, 1.82) is 5.26 Å². The van der Waals surface area contributed by atoms with E-state index in [2.05, 4.69) is 6.07 Å². The fraction of sp³-hybridized carbons (Fsp3) is 0.462. The summed E-state index contributed by atoms with van der Waals surface area (Å²) in [7, 11) is -5.26. The second-order valence-electron chi connectivity index (χ2n) is 5.72. The van der Waals surface area contributed by atoms with Gasteiger partial charge in [-0.3, -0.25) is 0 Å². The standard InChI is InChI=1S/C13H17NO3SSi/c1-19(2,3)17-13(10-14)8-9-18(15,16)12-7-5-4-6-11(12)13/h4-7H,8-9H2,1-3H3. The van der Waals surface area contributed by atoms with Gasteiger partial charge in [-0.05, 0) is 25.7 Å². The minimum atomic E-state index is -3.29. The average molecular weight is 295 g/mol. The molecule has 1 heterocycles. The van der Waals surface area contributed by atoms with Crippen molar-refractivity contribution in [2.24, 2.45) is 0 Å². The third kappa shape index (κ3) is 2.59. The zero-order chi connectivity index (χ0) is 14.3. The zero-order valence-electron chi connectivity index (χ0n) is 11.3. The van der Waals surface area contributed by atoms with Gasteiger partial charge in [-0.25, -0.2) is 8.42 Å². The fourth-order valence-electron chi connectivity index (χ4n) is 2.36. The highest BCUT2D eigenvalue weighted by Gasteiger charge is 2.45. The van der Waals surface area contributed by atoms with Crippen LogP contribution in [0.2, 0.25) is 19.6 Å². The van der Waals surface area contributed by atoms with Crippen LogP contribution in [0, 0.1) is 11.3 Å². The van der Waals surface area contributed by atoms with Crippen LogP contribution in [0.1, 0.15) is 12.0 Å². The summed E-state index contributed by atoms with van der Waals surface area (Å²) in [6, 6.07) is 8.89. The number of benzene rings is 1. The summed E-state index contributed by atoms with van der Waals surface area (Å²) in [5.41, 5.74) is -0.627. The molecular weight excluding hydrogens is 278 g/mol. The predicted molar refractivity (Wildman–Crippen MR) is 74.8 cm³/mol. The lowest BCUT2D eigenvalue weighted by Crippen LogP contribution is -2.44. The lowest BCUT2D eigenvalue weighted by Gasteiger charge is -2.37. The molecule has 1 aromatic rings. The topological polar surface area (TPSA) is 67.2 Å². The van der Waals surface area contributed by atoms with Crippen LogP contribution in [0.25, 0.3) is 0 Å². The molecule has 1 aliphatic rings. The largest absolute Gasteiger partial charge is 0.396 e. The van der Waals surface area contributed by atoms with Gasteiger partial charge < -0.3 is 4.43 Å². The molecular formula is C13H17NO3SSi. The van der Waals surface area contributed by atoms with E-state index in [1.54, 1.807) is 24.3 Å². The molecule has 1 aromatic carbocycles. The minimum absolute atomic E-state index is 0.0396. The Hall–Kier alpha value is -1.16. The number of sulfone groups is 1. The molecule has 0 spiro atoms. The maximum atomic E-state index is 12.1. The van der Waals surface area contributed by atoms with Crippen LogP contribution in [0.4, 0.5) is 0 Å². The number of rotatable bonds is 2. The van der Waals surface area contributed by atoms with Crippen LogP contribution in [0.5, 0.6) is 0 Å². The normalized spacial score (nSPS) is 25.4. The molecule has 1 aliphatic heterocycles. The summed E-state index contributed by atoms with van der Waals surface area (Å²) in [6.45, 7) is 5.99. The second kappa shape index (κ2) is 4.44. The quantitative estimate of drug-likeness (QED) is 0.786. The number of fused-ring (bicyclic) bond motifs is 1. The molecule has 0 radical (unpaired) electrons. The lowest BCUT2D eigenvalue weighted by molar-refractivity contribution is 0.109. The maximum Gasteiger partial charge on any atom is 0.186 e. The van der Waals surface area contributed by atoms with Crippen molar-refractivity contribution in [1.82, 2.24) is 0 Å². The molecule has 0 saturated carbocycles. The Balaban J connectivity index is 2.65. The van der Waals surface area contributed by atoms with Gasteiger partial charge in [0.05, 0.1) is 10.6 Å². The highest BCUT2D eigenvalue weighted by molar-refractivity contribution is 7.91. The van der Waals surface area contributed by atoms with Crippen LogP contribution in [-0.2, 0) is 19.9 Å². The SMILES string of the molecule is C[Si](C)(C)OC1(C#N)CCS(=O)(=O)c2ccccc21. The Morgan fingerprint density at radius 3 is 2.53 bits per heavy atom. The van der Waals surface area contributed by atoms with Crippen LogP contribution in [-0.4, -0.2) is 22.5 Å². The van der Waals surface area contributed by atoms with E-state index in [1.165, 1.54) is 0 Å². The van der Waals surface area contributed by atoms with Crippen LogP contribution >= 0.6 is 0 Å². The summed E-state index contributed by atoms with van der Waals surface area (Å²) >= 11 is 0. The lowest BCUT2D eigenvalue weighted by atomic mass is 9.92. The first kappa shape index (κ1) is 14.3. The molecule has 0 saturated heterocycles. The van der Waals surface area contributed by atoms with Crippen molar-refractivity contribution in [2.45, 2.75) is 36.6 Å². The molecule has 19 heavy (non-hydrogen) atoms. The first-order valence-electron chi connectivity index (χ1n) is 6.14. The summed E-state index contributed by atoms with van der Waals surface area (Å²) in [4.78, 5) is 0.237. The van der Waals surface area contributed by atoms with Gasteiger partial charge in [0.1, 0.15) is 6.07 Å². The van der Waals surface area contributed by atoms with Gasteiger partial charge in [-0.1, -0.05) is 18.2 Å². The third-order valence-corrected chi connectivity index (χ3v) is 5.77. The van der Waals surface area contributed by atoms with E-state index in [4.69, 9.17) is 4.43 Å². The summed E-state index contributed by atoms with van der Waals surface area (Å²) in [5, 5.41) is 9.57. The zero-order valence-corrected chi connectivity index (χ0v) is 13.1. The molecule has 0 N–H and O–H groups in total. The van der Waals surface area contributed by atoms with Crippen molar-refractivity contribution < 1.29 is 12.8 Å². The van der Waals surface area contributed by atoms with Gasteiger partial charge >= 0.3 is 0 Å². The number of hydrogen-bond acceptors (Lipinski definition) is 4.